The van der Waals surface area contributed by atoms with Crippen molar-refractivity contribution in [2.45, 2.75) is 39.7 Å². The summed E-state index contributed by atoms with van der Waals surface area (Å²) in [7, 11) is 0. The standard InChI is InChI=1S/C28H27Br2NO2/c1-5-33-27(32)26-25(19-10-12-20(13-11-19)28(2,3)4)23-8-6-7-9-24(23)31(26)17-18-14-21(29)16-22(30)15-18/h6-16H,5,17H2,1-4H3. The molecule has 0 bridgehead atoms. The predicted octanol–water partition coefficient (Wildman–Crippen LogP) is 8.36. The van der Waals surface area contributed by atoms with Gasteiger partial charge < -0.3 is 9.30 Å². The van der Waals surface area contributed by atoms with Crippen molar-refractivity contribution in [2.75, 3.05) is 6.61 Å². The Balaban J connectivity index is 1.96. The molecule has 0 radical (unpaired) electrons. The van der Waals surface area contributed by atoms with Crippen molar-refractivity contribution in [3.05, 3.63) is 92.5 Å². The molecule has 0 aliphatic heterocycles. The van der Waals surface area contributed by atoms with Crippen molar-refractivity contribution in [1.29, 1.82) is 0 Å². The lowest BCUT2D eigenvalue weighted by Gasteiger charge is -2.19. The molecule has 3 nitrogen and oxygen atoms in total. The fourth-order valence-corrected chi connectivity index (χ4v) is 5.58. The van der Waals surface area contributed by atoms with Gasteiger partial charge in [-0.3, -0.25) is 0 Å². The number of esters is 1. The van der Waals surface area contributed by atoms with E-state index in [1.54, 1.807) is 0 Å². The van der Waals surface area contributed by atoms with Crippen LogP contribution in [0.2, 0.25) is 0 Å². The van der Waals surface area contributed by atoms with E-state index in [2.05, 4.69) is 106 Å². The van der Waals surface area contributed by atoms with Crippen LogP contribution < -0.4 is 0 Å². The van der Waals surface area contributed by atoms with Gasteiger partial charge in [0.25, 0.3) is 0 Å². The van der Waals surface area contributed by atoms with Crippen molar-refractivity contribution in [1.82, 2.24) is 4.57 Å². The lowest BCUT2D eigenvalue weighted by molar-refractivity contribution is 0.0516. The highest BCUT2D eigenvalue weighted by Crippen LogP contribution is 2.37. The number of aromatic nitrogens is 1. The number of benzene rings is 3. The number of fused-ring (bicyclic) bond motifs is 1. The van der Waals surface area contributed by atoms with Crippen molar-refractivity contribution < 1.29 is 9.53 Å². The number of ether oxygens (including phenoxy) is 1. The fourth-order valence-electron chi connectivity index (χ4n) is 4.19. The number of halogens is 2. The van der Waals surface area contributed by atoms with Crippen LogP contribution >= 0.6 is 31.9 Å². The highest BCUT2D eigenvalue weighted by atomic mass is 79.9. The van der Waals surface area contributed by atoms with Crippen LogP contribution in [0.4, 0.5) is 0 Å². The van der Waals surface area contributed by atoms with Gasteiger partial charge in [0.05, 0.1) is 6.61 Å². The van der Waals surface area contributed by atoms with E-state index in [0.29, 0.717) is 18.8 Å². The maximum absolute atomic E-state index is 13.3. The van der Waals surface area contributed by atoms with Gasteiger partial charge in [0.1, 0.15) is 5.69 Å². The molecule has 33 heavy (non-hydrogen) atoms. The van der Waals surface area contributed by atoms with Gasteiger partial charge in [-0.05, 0) is 53.3 Å². The predicted molar refractivity (Wildman–Crippen MR) is 143 cm³/mol. The van der Waals surface area contributed by atoms with Crippen molar-refractivity contribution in [3.8, 4) is 11.1 Å². The smallest absolute Gasteiger partial charge is 0.355 e. The monoisotopic (exact) mass is 567 g/mol. The van der Waals surface area contributed by atoms with Gasteiger partial charge in [0, 0.05) is 32.0 Å². The quantitative estimate of drug-likeness (QED) is 0.226. The first-order valence-corrected chi connectivity index (χ1v) is 12.6. The molecule has 0 aliphatic rings. The molecular weight excluding hydrogens is 542 g/mol. The second-order valence-electron chi connectivity index (χ2n) is 9.15. The lowest BCUT2D eigenvalue weighted by Crippen LogP contribution is -2.14. The van der Waals surface area contributed by atoms with Gasteiger partial charge in [0.15, 0.2) is 0 Å². The first-order valence-electron chi connectivity index (χ1n) is 11.0. The molecule has 0 saturated carbocycles. The lowest BCUT2D eigenvalue weighted by atomic mass is 9.86. The maximum Gasteiger partial charge on any atom is 0.355 e. The van der Waals surface area contributed by atoms with Gasteiger partial charge in [-0.2, -0.15) is 0 Å². The van der Waals surface area contributed by atoms with Crippen LogP contribution in [-0.4, -0.2) is 17.1 Å². The second kappa shape index (κ2) is 9.47. The Morgan fingerprint density at radius 1 is 0.939 bits per heavy atom. The zero-order valence-corrected chi connectivity index (χ0v) is 22.5. The van der Waals surface area contributed by atoms with E-state index in [1.165, 1.54) is 5.56 Å². The van der Waals surface area contributed by atoms with E-state index in [-0.39, 0.29) is 11.4 Å². The molecule has 5 heteroatoms. The summed E-state index contributed by atoms with van der Waals surface area (Å²) < 4.78 is 9.59. The highest BCUT2D eigenvalue weighted by molar-refractivity contribution is 9.11. The number of hydrogen-bond donors (Lipinski definition) is 0. The topological polar surface area (TPSA) is 31.2 Å². The molecule has 0 N–H and O–H groups in total. The molecule has 1 aromatic heterocycles. The first-order chi connectivity index (χ1) is 15.7. The molecule has 0 fully saturated rings. The third kappa shape index (κ3) is 4.95. The number of rotatable bonds is 5. The van der Waals surface area contributed by atoms with E-state index >= 15 is 0 Å². The van der Waals surface area contributed by atoms with Crippen molar-refractivity contribution in [3.63, 3.8) is 0 Å². The summed E-state index contributed by atoms with van der Waals surface area (Å²) in [4.78, 5) is 13.3. The van der Waals surface area contributed by atoms with Crippen LogP contribution in [0.25, 0.3) is 22.0 Å². The average molecular weight is 569 g/mol. The van der Waals surface area contributed by atoms with E-state index in [4.69, 9.17) is 4.74 Å². The molecule has 0 atom stereocenters. The van der Waals surface area contributed by atoms with E-state index in [0.717, 1.165) is 36.5 Å². The minimum atomic E-state index is -0.308. The van der Waals surface area contributed by atoms with Gasteiger partial charge in [-0.25, -0.2) is 4.79 Å². The van der Waals surface area contributed by atoms with Crippen LogP contribution in [0.15, 0.2) is 75.7 Å². The van der Waals surface area contributed by atoms with Gasteiger partial charge >= 0.3 is 5.97 Å². The molecule has 170 valence electrons. The third-order valence-corrected chi connectivity index (χ3v) is 6.66. The molecule has 4 rings (SSSR count). The molecule has 0 spiro atoms. The van der Waals surface area contributed by atoms with Crippen LogP contribution in [0.1, 0.15) is 49.3 Å². The van der Waals surface area contributed by atoms with Gasteiger partial charge in [0.2, 0.25) is 0 Å². The van der Waals surface area contributed by atoms with E-state index in [9.17, 15) is 4.79 Å². The van der Waals surface area contributed by atoms with Crippen molar-refractivity contribution >= 4 is 48.7 Å². The summed E-state index contributed by atoms with van der Waals surface area (Å²) in [5, 5.41) is 1.04. The third-order valence-electron chi connectivity index (χ3n) is 5.74. The van der Waals surface area contributed by atoms with E-state index in [1.807, 2.05) is 25.1 Å². The Labute approximate surface area is 212 Å². The number of carbonyl (C=O) groups excluding carboxylic acids is 1. The first kappa shape index (κ1) is 23.8. The number of nitrogens with zero attached hydrogens (tertiary/aromatic N) is 1. The Kier molecular flexibility index (Phi) is 6.83. The van der Waals surface area contributed by atoms with Gasteiger partial charge in [-0.15, -0.1) is 0 Å². The van der Waals surface area contributed by atoms with E-state index < -0.39 is 0 Å². The Bertz CT molecular complexity index is 1290. The summed E-state index contributed by atoms with van der Waals surface area (Å²) in [6, 6.07) is 22.9. The summed E-state index contributed by atoms with van der Waals surface area (Å²) in [5.74, 6) is -0.308. The van der Waals surface area contributed by atoms with Gasteiger partial charge in [-0.1, -0.05) is 95.1 Å². The summed E-state index contributed by atoms with van der Waals surface area (Å²) in [6.45, 7) is 9.32. The molecule has 4 aromatic rings. The Morgan fingerprint density at radius 2 is 1.58 bits per heavy atom. The second-order valence-corrected chi connectivity index (χ2v) is 11.0. The number of para-hydroxylation sites is 1. The maximum atomic E-state index is 13.3. The van der Waals surface area contributed by atoms with Crippen LogP contribution in [0.3, 0.4) is 0 Å². The molecule has 0 amide bonds. The van der Waals surface area contributed by atoms with Crippen LogP contribution in [-0.2, 0) is 16.7 Å². The molecule has 0 aliphatic carbocycles. The zero-order valence-electron chi connectivity index (χ0n) is 19.3. The largest absolute Gasteiger partial charge is 0.461 e. The normalized spacial score (nSPS) is 11.7. The van der Waals surface area contributed by atoms with Crippen molar-refractivity contribution in [2.24, 2.45) is 0 Å². The summed E-state index contributed by atoms with van der Waals surface area (Å²) in [6.07, 6.45) is 0. The number of carbonyl (C=O) groups is 1. The average Bonchev–Trinajstić information content (AvgIpc) is 3.07. The SMILES string of the molecule is CCOC(=O)c1c(-c2ccc(C(C)(C)C)cc2)c2ccccc2n1Cc1cc(Br)cc(Br)c1. The number of hydrogen-bond acceptors (Lipinski definition) is 2. The molecular formula is C28H27Br2NO2. The zero-order chi connectivity index (χ0) is 23.8. The van der Waals surface area contributed by atoms with Crippen LogP contribution in [0.5, 0.6) is 0 Å². The minimum absolute atomic E-state index is 0.0601. The molecule has 0 saturated heterocycles. The summed E-state index contributed by atoms with van der Waals surface area (Å²) in [5.41, 5.74) is 5.91. The molecule has 3 aromatic carbocycles. The summed E-state index contributed by atoms with van der Waals surface area (Å²) >= 11 is 7.16. The molecule has 1 heterocycles. The fraction of sp³-hybridized carbons (Fsp3) is 0.250. The van der Waals surface area contributed by atoms with Crippen LogP contribution in [0, 0.1) is 0 Å². The Morgan fingerprint density at radius 3 is 2.18 bits per heavy atom. The minimum Gasteiger partial charge on any atom is -0.461 e. The molecule has 0 unspecified atom stereocenters. The highest BCUT2D eigenvalue weighted by Gasteiger charge is 2.25. The Hall–Kier alpha value is -2.37.